The van der Waals surface area contributed by atoms with Crippen molar-refractivity contribution >= 4 is 17.5 Å². The van der Waals surface area contributed by atoms with Crippen molar-refractivity contribution in [1.29, 1.82) is 0 Å². The second-order valence-corrected chi connectivity index (χ2v) is 6.64. The highest BCUT2D eigenvalue weighted by molar-refractivity contribution is 6.05. The Morgan fingerprint density at radius 1 is 1.00 bits per heavy atom. The molecule has 1 heterocycles. The van der Waals surface area contributed by atoms with Gasteiger partial charge in [-0.25, -0.2) is 0 Å². The summed E-state index contributed by atoms with van der Waals surface area (Å²) in [6, 6.07) is 9.15. The minimum Gasteiger partial charge on any atom is -0.348 e. The van der Waals surface area contributed by atoms with Gasteiger partial charge in [-0.15, -0.1) is 0 Å². The van der Waals surface area contributed by atoms with Crippen molar-refractivity contribution in [1.82, 2.24) is 10.3 Å². The first-order valence-electron chi connectivity index (χ1n) is 8.68. The molecule has 0 aliphatic heterocycles. The Hall–Kier alpha value is -2.69. The molecule has 2 N–H and O–H groups in total. The van der Waals surface area contributed by atoms with Gasteiger partial charge in [0, 0.05) is 23.5 Å². The summed E-state index contributed by atoms with van der Waals surface area (Å²) in [7, 11) is 0. The van der Waals surface area contributed by atoms with E-state index in [4.69, 9.17) is 0 Å². The van der Waals surface area contributed by atoms with Gasteiger partial charge in [0.1, 0.15) is 5.69 Å². The Kier molecular flexibility index (Phi) is 5.12. The molecule has 1 aliphatic rings. The molecule has 0 radical (unpaired) electrons. The highest BCUT2D eigenvalue weighted by atomic mass is 16.2. The van der Waals surface area contributed by atoms with Crippen LogP contribution in [0.2, 0.25) is 0 Å². The molecule has 5 heteroatoms. The first-order chi connectivity index (χ1) is 12.0. The Bertz CT molecular complexity index is 795. The van der Waals surface area contributed by atoms with Crippen LogP contribution in [0.4, 0.5) is 5.69 Å². The van der Waals surface area contributed by atoms with Crippen molar-refractivity contribution in [3.8, 4) is 0 Å². The van der Waals surface area contributed by atoms with Gasteiger partial charge in [-0.05, 0) is 62.1 Å². The zero-order chi connectivity index (χ0) is 17.8. The van der Waals surface area contributed by atoms with Crippen LogP contribution in [0.3, 0.4) is 0 Å². The molecular weight excluding hydrogens is 314 g/mol. The summed E-state index contributed by atoms with van der Waals surface area (Å²) in [5, 5.41) is 5.86. The number of aromatic nitrogens is 1. The van der Waals surface area contributed by atoms with Crippen molar-refractivity contribution in [2.75, 3.05) is 5.32 Å². The van der Waals surface area contributed by atoms with Gasteiger partial charge in [-0.1, -0.05) is 18.9 Å². The Morgan fingerprint density at radius 2 is 1.76 bits per heavy atom. The lowest BCUT2D eigenvalue weighted by atomic mass is 10.1. The van der Waals surface area contributed by atoms with Crippen molar-refractivity contribution in [2.45, 2.75) is 45.6 Å². The maximum Gasteiger partial charge on any atom is 0.270 e. The summed E-state index contributed by atoms with van der Waals surface area (Å²) in [4.78, 5) is 28.9. The number of hydrogen-bond donors (Lipinski definition) is 2. The quantitative estimate of drug-likeness (QED) is 0.895. The first-order valence-corrected chi connectivity index (χ1v) is 8.68. The fourth-order valence-corrected chi connectivity index (χ4v) is 3.05. The third kappa shape index (κ3) is 4.24. The number of aryl methyl sites for hydroxylation is 2. The molecule has 1 aromatic carbocycles. The zero-order valence-electron chi connectivity index (χ0n) is 14.6. The van der Waals surface area contributed by atoms with Gasteiger partial charge in [0.15, 0.2) is 0 Å². The maximum absolute atomic E-state index is 12.5. The van der Waals surface area contributed by atoms with Gasteiger partial charge in [0.05, 0.1) is 0 Å². The van der Waals surface area contributed by atoms with E-state index in [0.717, 1.165) is 36.9 Å². The van der Waals surface area contributed by atoms with E-state index < -0.39 is 0 Å². The summed E-state index contributed by atoms with van der Waals surface area (Å²) >= 11 is 0. The van der Waals surface area contributed by atoms with Crippen molar-refractivity contribution < 1.29 is 9.59 Å². The molecule has 0 saturated heterocycles. The second kappa shape index (κ2) is 7.47. The van der Waals surface area contributed by atoms with Crippen LogP contribution < -0.4 is 10.6 Å². The van der Waals surface area contributed by atoms with Crippen LogP contribution in [-0.2, 0) is 0 Å². The van der Waals surface area contributed by atoms with Crippen LogP contribution in [0.5, 0.6) is 0 Å². The first kappa shape index (κ1) is 17.1. The highest BCUT2D eigenvalue weighted by Crippen LogP contribution is 2.18. The largest absolute Gasteiger partial charge is 0.348 e. The van der Waals surface area contributed by atoms with E-state index in [2.05, 4.69) is 15.6 Å². The van der Waals surface area contributed by atoms with Crippen molar-refractivity contribution in [3.05, 3.63) is 58.9 Å². The van der Waals surface area contributed by atoms with Crippen LogP contribution in [0, 0.1) is 13.8 Å². The van der Waals surface area contributed by atoms with E-state index in [1.165, 1.54) is 11.8 Å². The summed E-state index contributed by atoms with van der Waals surface area (Å²) in [6.07, 6.45) is 5.82. The van der Waals surface area contributed by atoms with Gasteiger partial charge in [-0.2, -0.15) is 0 Å². The molecule has 0 atom stereocenters. The molecule has 130 valence electrons. The molecule has 3 rings (SSSR count). The summed E-state index contributed by atoms with van der Waals surface area (Å²) in [5.41, 5.74) is 3.73. The third-order valence-corrected chi connectivity index (χ3v) is 4.71. The van der Waals surface area contributed by atoms with Crippen molar-refractivity contribution in [3.63, 3.8) is 0 Å². The summed E-state index contributed by atoms with van der Waals surface area (Å²) in [5.74, 6) is -0.465. The number of benzene rings is 1. The van der Waals surface area contributed by atoms with Gasteiger partial charge < -0.3 is 10.6 Å². The molecule has 1 aromatic heterocycles. The summed E-state index contributed by atoms with van der Waals surface area (Å²) < 4.78 is 0. The standard InChI is InChI=1S/C20H23N3O2/c1-13-7-8-17(11-14(13)2)23-19(24)15-9-10-21-18(12-15)20(25)22-16-5-3-4-6-16/h7-12,16H,3-6H2,1-2H3,(H,22,25)(H,23,24). The second-order valence-electron chi connectivity index (χ2n) is 6.64. The van der Waals surface area contributed by atoms with E-state index in [0.29, 0.717) is 5.56 Å². The van der Waals surface area contributed by atoms with Gasteiger partial charge in [0.2, 0.25) is 0 Å². The lowest BCUT2D eigenvalue weighted by Gasteiger charge is -2.12. The predicted octanol–water partition coefficient (Wildman–Crippen LogP) is 3.62. The van der Waals surface area contributed by atoms with Crippen LogP contribution in [-0.4, -0.2) is 22.8 Å². The number of rotatable bonds is 4. The molecule has 0 spiro atoms. The normalized spacial score (nSPS) is 14.3. The highest BCUT2D eigenvalue weighted by Gasteiger charge is 2.19. The number of nitrogens with zero attached hydrogens (tertiary/aromatic N) is 1. The number of hydrogen-bond acceptors (Lipinski definition) is 3. The molecule has 5 nitrogen and oxygen atoms in total. The minimum absolute atomic E-state index is 0.215. The lowest BCUT2D eigenvalue weighted by Crippen LogP contribution is -2.33. The van der Waals surface area contributed by atoms with Gasteiger partial charge in [0.25, 0.3) is 11.8 Å². The lowest BCUT2D eigenvalue weighted by molar-refractivity contribution is 0.0933. The number of anilines is 1. The Morgan fingerprint density at radius 3 is 2.48 bits per heavy atom. The van der Waals surface area contributed by atoms with Crippen LogP contribution >= 0.6 is 0 Å². The van der Waals surface area contributed by atoms with Crippen LogP contribution in [0.25, 0.3) is 0 Å². The van der Waals surface area contributed by atoms with Crippen molar-refractivity contribution in [2.24, 2.45) is 0 Å². The van der Waals surface area contributed by atoms with Gasteiger partial charge >= 0.3 is 0 Å². The minimum atomic E-state index is -0.249. The SMILES string of the molecule is Cc1ccc(NC(=O)c2ccnc(C(=O)NC3CCCC3)c2)cc1C. The number of nitrogens with one attached hydrogen (secondary N) is 2. The maximum atomic E-state index is 12.5. The molecule has 1 fully saturated rings. The molecule has 0 bridgehead atoms. The van der Waals surface area contributed by atoms with Crippen LogP contribution in [0.1, 0.15) is 57.7 Å². The monoisotopic (exact) mass is 337 g/mol. The molecule has 2 amide bonds. The summed E-state index contributed by atoms with van der Waals surface area (Å²) in [6.45, 7) is 4.03. The Labute approximate surface area is 147 Å². The molecule has 2 aromatic rings. The number of carbonyl (C=O) groups is 2. The van der Waals surface area contributed by atoms with E-state index in [1.54, 1.807) is 12.1 Å². The number of amides is 2. The van der Waals surface area contributed by atoms with Crippen LogP contribution in [0.15, 0.2) is 36.5 Å². The molecular formula is C20H23N3O2. The number of carbonyl (C=O) groups excluding carboxylic acids is 2. The molecule has 1 saturated carbocycles. The predicted molar refractivity (Wildman–Crippen MR) is 97.8 cm³/mol. The zero-order valence-corrected chi connectivity index (χ0v) is 14.6. The average molecular weight is 337 g/mol. The van der Waals surface area contributed by atoms with E-state index in [9.17, 15) is 9.59 Å². The average Bonchev–Trinajstić information content (AvgIpc) is 3.11. The van der Waals surface area contributed by atoms with E-state index in [-0.39, 0.29) is 23.6 Å². The molecule has 1 aliphatic carbocycles. The van der Waals surface area contributed by atoms with Gasteiger partial charge in [-0.3, -0.25) is 14.6 Å². The van der Waals surface area contributed by atoms with E-state index in [1.807, 2.05) is 32.0 Å². The Balaban J connectivity index is 1.70. The number of pyridine rings is 1. The molecule has 25 heavy (non-hydrogen) atoms. The van der Waals surface area contributed by atoms with E-state index >= 15 is 0 Å². The fraction of sp³-hybridized carbons (Fsp3) is 0.350. The fourth-order valence-electron chi connectivity index (χ4n) is 3.05. The smallest absolute Gasteiger partial charge is 0.270 e. The topological polar surface area (TPSA) is 71.1 Å². The third-order valence-electron chi connectivity index (χ3n) is 4.71. The molecule has 0 unspecified atom stereocenters.